The predicted molar refractivity (Wildman–Crippen MR) is 55.4 cm³/mol. The number of aromatic nitrogens is 4. The lowest BCUT2D eigenvalue weighted by Gasteiger charge is -2.02. The quantitative estimate of drug-likeness (QED) is 0.755. The molecule has 5 heteroatoms. The van der Waals surface area contributed by atoms with Crippen molar-refractivity contribution in [2.24, 2.45) is 7.05 Å². The number of rotatable bonds is 4. The van der Waals surface area contributed by atoms with Crippen LogP contribution in [-0.2, 0) is 20.2 Å². The van der Waals surface area contributed by atoms with Gasteiger partial charge in [-0.1, -0.05) is 0 Å². The van der Waals surface area contributed by atoms with Crippen LogP contribution in [0, 0.1) is 0 Å². The fourth-order valence-corrected chi connectivity index (χ4v) is 1.28. The maximum Gasteiger partial charge on any atom is 0.157 e. The highest BCUT2D eigenvalue weighted by Crippen LogP contribution is 2.10. The summed E-state index contributed by atoms with van der Waals surface area (Å²) < 4.78 is 9.31. The third kappa shape index (κ3) is 2.18. The van der Waals surface area contributed by atoms with E-state index in [9.17, 15) is 0 Å². The fraction of sp³-hybridized carbons (Fsp3) is 0.400. The zero-order valence-electron chi connectivity index (χ0n) is 8.92. The molecule has 0 aliphatic heterocycles. The van der Waals surface area contributed by atoms with Gasteiger partial charge in [0.2, 0.25) is 0 Å². The van der Waals surface area contributed by atoms with E-state index in [1.807, 2.05) is 35.6 Å². The zero-order valence-corrected chi connectivity index (χ0v) is 8.92. The first kappa shape index (κ1) is 9.76. The smallest absolute Gasteiger partial charge is 0.157 e. The van der Waals surface area contributed by atoms with Crippen molar-refractivity contribution in [2.45, 2.75) is 20.1 Å². The number of ether oxygens (including phenoxy) is 1. The molecule has 0 bridgehead atoms. The van der Waals surface area contributed by atoms with Crippen molar-refractivity contribution in [3.63, 3.8) is 0 Å². The van der Waals surface area contributed by atoms with Crippen LogP contribution in [-0.4, -0.2) is 19.3 Å². The second-order valence-electron chi connectivity index (χ2n) is 3.27. The minimum absolute atomic E-state index is 0.471. The van der Waals surface area contributed by atoms with Crippen molar-refractivity contribution in [1.82, 2.24) is 19.3 Å². The van der Waals surface area contributed by atoms with E-state index in [0.29, 0.717) is 6.61 Å². The Morgan fingerprint density at radius 1 is 1.47 bits per heavy atom. The summed E-state index contributed by atoms with van der Waals surface area (Å²) >= 11 is 0. The summed E-state index contributed by atoms with van der Waals surface area (Å²) in [5.74, 6) is 1.68. The molecule has 2 aromatic rings. The van der Waals surface area contributed by atoms with E-state index in [0.717, 1.165) is 18.1 Å². The Morgan fingerprint density at radius 3 is 2.93 bits per heavy atom. The fourth-order valence-electron chi connectivity index (χ4n) is 1.28. The van der Waals surface area contributed by atoms with Crippen molar-refractivity contribution < 1.29 is 4.74 Å². The van der Waals surface area contributed by atoms with E-state index < -0.39 is 0 Å². The highest BCUT2D eigenvalue weighted by molar-refractivity contribution is 5.11. The SMILES string of the molecule is CCn1cc(OCc2nccn2C)cn1. The van der Waals surface area contributed by atoms with Crippen molar-refractivity contribution in [3.05, 3.63) is 30.6 Å². The topological polar surface area (TPSA) is 44.9 Å². The maximum absolute atomic E-state index is 5.55. The molecule has 0 saturated heterocycles. The van der Waals surface area contributed by atoms with E-state index in [1.54, 1.807) is 12.4 Å². The molecule has 2 heterocycles. The van der Waals surface area contributed by atoms with Gasteiger partial charge in [-0.3, -0.25) is 4.68 Å². The Labute approximate surface area is 88.3 Å². The van der Waals surface area contributed by atoms with Crippen LogP contribution >= 0.6 is 0 Å². The molecule has 0 saturated carbocycles. The molecular weight excluding hydrogens is 192 g/mol. The van der Waals surface area contributed by atoms with E-state index in [2.05, 4.69) is 10.1 Å². The van der Waals surface area contributed by atoms with E-state index >= 15 is 0 Å². The van der Waals surface area contributed by atoms with Gasteiger partial charge in [0.25, 0.3) is 0 Å². The molecule has 0 aliphatic rings. The normalized spacial score (nSPS) is 10.5. The molecule has 0 atom stereocenters. The number of nitrogens with zero attached hydrogens (tertiary/aromatic N) is 4. The number of aryl methyl sites for hydroxylation is 2. The molecule has 5 nitrogen and oxygen atoms in total. The number of hydrogen-bond acceptors (Lipinski definition) is 3. The minimum Gasteiger partial charge on any atom is -0.482 e. The third-order valence-electron chi connectivity index (χ3n) is 2.22. The Bertz CT molecular complexity index is 432. The Kier molecular flexibility index (Phi) is 2.71. The van der Waals surface area contributed by atoms with Gasteiger partial charge in [-0.15, -0.1) is 0 Å². The summed E-state index contributed by atoms with van der Waals surface area (Å²) in [5, 5.41) is 4.12. The van der Waals surface area contributed by atoms with Gasteiger partial charge in [-0.25, -0.2) is 4.98 Å². The molecule has 0 radical (unpaired) electrons. The first-order valence-corrected chi connectivity index (χ1v) is 4.91. The Morgan fingerprint density at radius 2 is 2.33 bits per heavy atom. The zero-order chi connectivity index (χ0) is 10.7. The van der Waals surface area contributed by atoms with E-state index in [1.165, 1.54) is 0 Å². The lowest BCUT2D eigenvalue weighted by molar-refractivity contribution is 0.291. The first-order chi connectivity index (χ1) is 7.29. The second kappa shape index (κ2) is 4.16. The largest absolute Gasteiger partial charge is 0.482 e. The van der Waals surface area contributed by atoms with Gasteiger partial charge in [0.1, 0.15) is 12.4 Å². The van der Waals surface area contributed by atoms with Crippen LogP contribution in [0.4, 0.5) is 0 Å². The predicted octanol–water partition coefficient (Wildman–Crippen LogP) is 1.22. The van der Waals surface area contributed by atoms with Crippen LogP contribution in [0.1, 0.15) is 12.7 Å². The van der Waals surface area contributed by atoms with Gasteiger partial charge in [0.15, 0.2) is 5.75 Å². The maximum atomic E-state index is 5.55. The standard InChI is InChI=1S/C10H14N4O/c1-3-14-7-9(6-12-14)15-8-10-11-4-5-13(10)2/h4-7H,3,8H2,1-2H3. The molecule has 80 valence electrons. The molecule has 15 heavy (non-hydrogen) atoms. The van der Waals surface area contributed by atoms with Crippen molar-refractivity contribution in [3.8, 4) is 5.75 Å². The summed E-state index contributed by atoms with van der Waals surface area (Å²) in [7, 11) is 1.95. The molecule has 2 aromatic heterocycles. The van der Waals surface area contributed by atoms with Crippen molar-refractivity contribution >= 4 is 0 Å². The lowest BCUT2D eigenvalue weighted by Crippen LogP contribution is -2.02. The van der Waals surface area contributed by atoms with Crippen LogP contribution in [0.2, 0.25) is 0 Å². The van der Waals surface area contributed by atoms with Gasteiger partial charge in [0.05, 0.1) is 12.4 Å². The second-order valence-corrected chi connectivity index (χ2v) is 3.27. The molecule has 0 aliphatic carbocycles. The van der Waals surface area contributed by atoms with Crippen LogP contribution in [0.5, 0.6) is 5.75 Å². The van der Waals surface area contributed by atoms with Crippen LogP contribution in [0.3, 0.4) is 0 Å². The Balaban J connectivity index is 1.96. The van der Waals surface area contributed by atoms with Gasteiger partial charge < -0.3 is 9.30 Å². The van der Waals surface area contributed by atoms with Gasteiger partial charge >= 0.3 is 0 Å². The van der Waals surface area contributed by atoms with Gasteiger partial charge in [-0.05, 0) is 6.92 Å². The highest BCUT2D eigenvalue weighted by Gasteiger charge is 2.02. The van der Waals surface area contributed by atoms with Crippen LogP contribution < -0.4 is 4.74 Å². The molecule has 0 spiro atoms. The average molecular weight is 206 g/mol. The summed E-state index contributed by atoms with van der Waals surface area (Å²) in [4.78, 5) is 4.17. The molecule has 2 rings (SSSR count). The number of hydrogen-bond donors (Lipinski definition) is 0. The summed E-state index contributed by atoms with van der Waals surface area (Å²) in [6.45, 7) is 3.36. The summed E-state index contributed by atoms with van der Waals surface area (Å²) in [5.41, 5.74) is 0. The van der Waals surface area contributed by atoms with Crippen LogP contribution in [0.25, 0.3) is 0 Å². The van der Waals surface area contributed by atoms with Gasteiger partial charge in [-0.2, -0.15) is 5.10 Å². The Hall–Kier alpha value is -1.78. The molecule has 0 N–H and O–H groups in total. The lowest BCUT2D eigenvalue weighted by atomic mass is 10.6. The molecule has 0 aromatic carbocycles. The third-order valence-corrected chi connectivity index (χ3v) is 2.22. The summed E-state index contributed by atoms with van der Waals surface area (Å²) in [6.07, 6.45) is 7.25. The van der Waals surface area contributed by atoms with Crippen molar-refractivity contribution in [2.75, 3.05) is 0 Å². The summed E-state index contributed by atoms with van der Waals surface area (Å²) in [6, 6.07) is 0. The molecular formula is C10H14N4O. The highest BCUT2D eigenvalue weighted by atomic mass is 16.5. The average Bonchev–Trinajstić information content (AvgIpc) is 2.84. The van der Waals surface area contributed by atoms with Gasteiger partial charge in [0, 0.05) is 26.0 Å². The minimum atomic E-state index is 0.471. The molecule has 0 unspecified atom stereocenters. The van der Waals surface area contributed by atoms with E-state index in [4.69, 9.17) is 4.74 Å². The first-order valence-electron chi connectivity index (χ1n) is 4.91. The van der Waals surface area contributed by atoms with Crippen molar-refractivity contribution in [1.29, 1.82) is 0 Å². The van der Waals surface area contributed by atoms with E-state index in [-0.39, 0.29) is 0 Å². The number of imidazole rings is 1. The van der Waals surface area contributed by atoms with Crippen LogP contribution in [0.15, 0.2) is 24.8 Å². The molecule has 0 fully saturated rings. The monoisotopic (exact) mass is 206 g/mol. The molecule has 0 amide bonds.